The van der Waals surface area contributed by atoms with Gasteiger partial charge in [0, 0.05) is 10.1 Å². The molecule has 1 rings (SSSR count). The predicted molar refractivity (Wildman–Crippen MR) is 56.8 cm³/mol. The van der Waals surface area contributed by atoms with Crippen LogP contribution in [-0.4, -0.2) is 0 Å². The van der Waals surface area contributed by atoms with Crippen LogP contribution in [0, 0.1) is 10.5 Å². The van der Waals surface area contributed by atoms with E-state index in [0.29, 0.717) is 5.56 Å². The minimum atomic E-state index is -4.30. The molecule has 0 radical (unpaired) electrons. The van der Waals surface area contributed by atoms with Gasteiger partial charge >= 0.3 is 6.18 Å². The molecule has 0 spiro atoms. The first-order valence-electron chi connectivity index (χ1n) is 3.92. The van der Waals surface area contributed by atoms with Gasteiger partial charge in [0.1, 0.15) is 0 Å². The molecule has 0 atom stereocenters. The van der Waals surface area contributed by atoms with Gasteiger partial charge in [-0.25, -0.2) is 0 Å². The summed E-state index contributed by atoms with van der Waals surface area (Å²) < 4.78 is 37.6. The van der Waals surface area contributed by atoms with Gasteiger partial charge in [-0.05, 0) is 52.8 Å². The van der Waals surface area contributed by atoms with E-state index in [9.17, 15) is 13.2 Å². The van der Waals surface area contributed by atoms with Crippen molar-refractivity contribution >= 4 is 22.6 Å². The van der Waals surface area contributed by atoms with E-state index in [-0.39, 0.29) is 10.1 Å². The molecule has 0 bridgehead atoms. The van der Waals surface area contributed by atoms with Gasteiger partial charge in [0.25, 0.3) is 0 Å². The molecule has 0 aliphatic rings. The Labute approximate surface area is 93.6 Å². The van der Waals surface area contributed by atoms with E-state index in [0.717, 1.165) is 11.6 Å². The maximum absolute atomic E-state index is 12.5. The molecule has 0 amide bonds. The molecule has 0 saturated carbocycles. The zero-order valence-corrected chi connectivity index (χ0v) is 9.61. The molecule has 0 aliphatic carbocycles. The molecule has 14 heavy (non-hydrogen) atoms. The number of rotatable bonds is 1. The molecular weight excluding hydrogens is 306 g/mol. The Bertz CT molecular complexity index is 347. The number of nitrogens with two attached hydrogens (primary N) is 1. The van der Waals surface area contributed by atoms with Gasteiger partial charge in [0.05, 0.1) is 5.56 Å². The Hall–Kier alpha value is -0.300. The van der Waals surface area contributed by atoms with Crippen LogP contribution in [0.4, 0.5) is 13.2 Å². The smallest absolute Gasteiger partial charge is 0.326 e. The molecule has 0 unspecified atom stereocenters. The minimum Gasteiger partial charge on any atom is -0.326 e. The Kier molecular flexibility index (Phi) is 3.41. The molecule has 1 aromatic carbocycles. The third kappa shape index (κ3) is 2.38. The summed E-state index contributed by atoms with van der Waals surface area (Å²) in [6.45, 7) is 1.89. The van der Waals surface area contributed by atoms with Crippen LogP contribution in [0.3, 0.4) is 0 Å². The normalized spacial score (nSPS) is 11.9. The molecule has 0 aliphatic heterocycles. The van der Waals surface area contributed by atoms with Crippen LogP contribution >= 0.6 is 22.6 Å². The summed E-state index contributed by atoms with van der Waals surface area (Å²) in [6, 6.07) is 2.63. The average molecular weight is 315 g/mol. The van der Waals surface area contributed by atoms with Crippen LogP contribution in [0.1, 0.15) is 16.7 Å². The number of alkyl halides is 3. The van der Waals surface area contributed by atoms with Crippen molar-refractivity contribution in [2.24, 2.45) is 5.73 Å². The quantitative estimate of drug-likeness (QED) is 0.792. The third-order valence-electron chi connectivity index (χ3n) is 1.95. The van der Waals surface area contributed by atoms with Crippen LogP contribution in [0.2, 0.25) is 0 Å². The molecule has 5 heteroatoms. The van der Waals surface area contributed by atoms with E-state index < -0.39 is 11.7 Å². The fourth-order valence-electron chi connectivity index (χ4n) is 1.15. The standard InChI is InChI=1S/C9H9F3IN/c1-5-2-8(13)7(9(10,11)12)3-6(5)4-14/h2-3H,4,14H2,1H3. The highest BCUT2D eigenvalue weighted by Crippen LogP contribution is 2.34. The van der Waals surface area contributed by atoms with Gasteiger partial charge in [-0.3, -0.25) is 0 Å². The summed E-state index contributed by atoms with van der Waals surface area (Å²) in [5.41, 5.74) is 6.07. The Balaban J connectivity index is 3.32. The largest absolute Gasteiger partial charge is 0.417 e. The maximum atomic E-state index is 12.5. The zero-order valence-electron chi connectivity index (χ0n) is 7.45. The van der Waals surface area contributed by atoms with Gasteiger partial charge in [-0.2, -0.15) is 13.2 Å². The van der Waals surface area contributed by atoms with Crippen molar-refractivity contribution in [3.05, 3.63) is 32.4 Å². The average Bonchev–Trinajstić information content (AvgIpc) is 2.02. The van der Waals surface area contributed by atoms with Crippen molar-refractivity contribution in [3.63, 3.8) is 0 Å². The lowest BCUT2D eigenvalue weighted by Crippen LogP contribution is -2.10. The van der Waals surface area contributed by atoms with Gasteiger partial charge in [-0.1, -0.05) is 0 Å². The Morgan fingerprint density at radius 1 is 1.36 bits per heavy atom. The molecular formula is C9H9F3IN. The van der Waals surface area contributed by atoms with E-state index in [4.69, 9.17) is 5.73 Å². The number of aryl methyl sites for hydroxylation is 1. The number of benzene rings is 1. The fraction of sp³-hybridized carbons (Fsp3) is 0.333. The summed E-state index contributed by atoms with van der Waals surface area (Å²) >= 11 is 1.68. The van der Waals surface area contributed by atoms with Crippen molar-refractivity contribution in [2.45, 2.75) is 19.6 Å². The van der Waals surface area contributed by atoms with Crippen molar-refractivity contribution in [1.82, 2.24) is 0 Å². The van der Waals surface area contributed by atoms with Gasteiger partial charge in [-0.15, -0.1) is 0 Å². The van der Waals surface area contributed by atoms with Gasteiger partial charge in [0.15, 0.2) is 0 Å². The maximum Gasteiger partial charge on any atom is 0.417 e. The van der Waals surface area contributed by atoms with Crippen LogP contribution < -0.4 is 5.73 Å². The minimum absolute atomic E-state index is 0.131. The lowest BCUT2D eigenvalue weighted by Gasteiger charge is -2.12. The number of hydrogen-bond acceptors (Lipinski definition) is 1. The first-order chi connectivity index (χ1) is 6.36. The second-order valence-corrected chi connectivity index (χ2v) is 4.12. The molecule has 1 nitrogen and oxygen atoms in total. The molecule has 0 fully saturated rings. The Morgan fingerprint density at radius 2 is 1.93 bits per heavy atom. The van der Waals surface area contributed by atoms with E-state index in [1.807, 2.05) is 0 Å². The summed E-state index contributed by atoms with van der Waals surface area (Å²) in [5, 5.41) is 0. The van der Waals surface area contributed by atoms with Gasteiger partial charge < -0.3 is 5.73 Å². The molecule has 1 aromatic rings. The lowest BCUT2D eigenvalue weighted by molar-refractivity contribution is -0.138. The zero-order chi connectivity index (χ0) is 10.9. The first kappa shape index (κ1) is 11.8. The molecule has 0 saturated heterocycles. The van der Waals surface area contributed by atoms with Crippen LogP contribution in [-0.2, 0) is 12.7 Å². The Morgan fingerprint density at radius 3 is 2.36 bits per heavy atom. The second-order valence-electron chi connectivity index (χ2n) is 2.96. The molecule has 78 valence electrons. The highest BCUT2D eigenvalue weighted by Gasteiger charge is 2.33. The van der Waals surface area contributed by atoms with Crippen LogP contribution in [0.25, 0.3) is 0 Å². The summed E-state index contributed by atoms with van der Waals surface area (Å²) in [7, 11) is 0. The van der Waals surface area contributed by atoms with E-state index >= 15 is 0 Å². The van der Waals surface area contributed by atoms with Crippen molar-refractivity contribution < 1.29 is 13.2 Å². The number of halogens is 4. The SMILES string of the molecule is Cc1cc(I)c(C(F)(F)F)cc1CN. The van der Waals surface area contributed by atoms with Gasteiger partial charge in [0.2, 0.25) is 0 Å². The topological polar surface area (TPSA) is 26.0 Å². The summed E-state index contributed by atoms with van der Waals surface area (Å²) in [6.07, 6.45) is -4.30. The second kappa shape index (κ2) is 4.06. The third-order valence-corrected chi connectivity index (χ3v) is 2.84. The van der Waals surface area contributed by atoms with Crippen molar-refractivity contribution in [3.8, 4) is 0 Å². The van der Waals surface area contributed by atoms with Crippen molar-refractivity contribution in [2.75, 3.05) is 0 Å². The fourth-order valence-corrected chi connectivity index (χ4v) is 2.08. The molecule has 2 N–H and O–H groups in total. The van der Waals surface area contributed by atoms with Crippen LogP contribution in [0.15, 0.2) is 12.1 Å². The lowest BCUT2D eigenvalue weighted by atomic mass is 10.1. The van der Waals surface area contributed by atoms with E-state index in [2.05, 4.69) is 0 Å². The van der Waals surface area contributed by atoms with E-state index in [1.54, 1.807) is 29.5 Å². The highest BCUT2D eigenvalue weighted by atomic mass is 127. The first-order valence-corrected chi connectivity index (χ1v) is 5.00. The monoisotopic (exact) mass is 315 g/mol. The highest BCUT2D eigenvalue weighted by molar-refractivity contribution is 14.1. The predicted octanol–water partition coefficient (Wildman–Crippen LogP) is 3.08. The van der Waals surface area contributed by atoms with Crippen molar-refractivity contribution in [1.29, 1.82) is 0 Å². The molecule has 0 aromatic heterocycles. The molecule has 0 heterocycles. The number of hydrogen-bond donors (Lipinski definition) is 1. The summed E-state index contributed by atoms with van der Waals surface area (Å²) in [5.74, 6) is 0. The van der Waals surface area contributed by atoms with E-state index in [1.165, 1.54) is 6.07 Å². The summed E-state index contributed by atoms with van der Waals surface area (Å²) in [4.78, 5) is 0. The van der Waals surface area contributed by atoms with Crippen LogP contribution in [0.5, 0.6) is 0 Å².